The van der Waals surface area contributed by atoms with Gasteiger partial charge in [-0.3, -0.25) is 43.2 Å². The van der Waals surface area contributed by atoms with Crippen molar-refractivity contribution in [2.24, 2.45) is 11.7 Å². The second-order valence-corrected chi connectivity index (χ2v) is 28.0. The number of nitrogens with two attached hydrogens (primary N) is 1. The summed E-state index contributed by atoms with van der Waals surface area (Å²) >= 11 is 0. The van der Waals surface area contributed by atoms with Crippen LogP contribution < -0.4 is 74.9 Å². The first-order valence-electron chi connectivity index (χ1n) is 32.6. The molecule has 548 valence electrons. The lowest BCUT2D eigenvalue weighted by molar-refractivity contribution is -0.136. The van der Waals surface area contributed by atoms with E-state index in [0.717, 1.165) is 6.92 Å². The smallest absolute Gasteiger partial charge is 0.407 e. The predicted octanol–water partition coefficient (Wildman–Crippen LogP) is -0.188. The summed E-state index contributed by atoms with van der Waals surface area (Å²) in [6.45, 7) is 23.6. The molecular weight excluding hydrogens is 1270 g/mol. The summed E-state index contributed by atoms with van der Waals surface area (Å²) in [5.74, 6) is -9.65. The van der Waals surface area contributed by atoms with Gasteiger partial charge in [-0.15, -0.1) is 0 Å². The summed E-state index contributed by atoms with van der Waals surface area (Å²) in [4.78, 5) is 182. The van der Waals surface area contributed by atoms with Crippen LogP contribution in [0.2, 0.25) is 0 Å². The van der Waals surface area contributed by atoms with Crippen LogP contribution in [0.5, 0.6) is 0 Å². The Bertz CT molecular complexity index is 2820. The van der Waals surface area contributed by atoms with Crippen molar-refractivity contribution in [2.45, 2.75) is 251 Å². The van der Waals surface area contributed by atoms with E-state index in [1.165, 1.54) is 6.92 Å². The Labute approximate surface area is 567 Å². The fourth-order valence-electron chi connectivity index (χ4n) is 9.04. The van der Waals surface area contributed by atoms with E-state index in [4.69, 9.17) is 24.7 Å². The Morgan fingerprint density at radius 2 is 0.918 bits per heavy atom. The Balaban J connectivity index is 3.02. The van der Waals surface area contributed by atoms with Crippen molar-refractivity contribution in [3.8, 4) is 0 Å². The minimum absolute atomic E-state index is 0.0298. The third kappa shape index (κ3) is 35.3. The zero-order valence-corrected chi connectivity index (χ0v) is 58.9. The van der Waals surface area contributed by atoms with E-state index in [-0.39, 0.29) is 70.6 Å². The molecule has 11 atom stereocenters. The second kappa shape index (κ2) is 39.6. The topological polar surface area (TPSA) is 482 Å². The van der Waals surface area contributed by atoms with E-state index < -0.39 is 186 Å². The highest BCUT2D eigenvalue weighted by Gasteiger charge is 2.38. The number of amides is 13. The van der Waals surface area contributed by atoms with Gasteiger partial charge in [0.15, 0.2) is 0 Å². The molecule has 97 heavy (non-hydrogen) atoms. The van der Waals surface area contributed by atoms with E-state index in [1.807, 2.05) is 0 Å². The van der Waals surface area contributed by atoms with Crippen molar-refractivity contribution in [1.29, 1.82) is 0 Å². The third-order valence-corrected chi connectivity index (χ3v) is 13.7. The summed E-state index contributed by atoms with van der Waals surface area (Å²) in [6.07, 6.45) is -8.93. The van der Waals surface area contributed by atoms with Crippen LogP contribution in [0.15, 0.2) is 30.3 Å². The molecule has 0 radical (unpaired) electrons. The molecule has 2 rings (SSSR count). The number of carbonyl (C=O) groups is 13. The number of hydrogen-bond acceptors (Lipinski definition) is 20. The molecule has 1 aliphatic rings. The van der Waals surface area contributed by atoms with Crippen molar-refractivity contribution in [2.75, 3.05) is 32.7 Å². The second-order valence-electron chi connectivity index (χ2n) is 28.0. The average Bonchev–Trinajstić information content (AvgIpc) is 2.78. The van der Waals surface area contributed by atoms with Crippen LogP contribution in [0.25, 0.3) is 0 Å². The van der Waals surface area contributed by atoms with Gasteiger partial charge in [-0.25, -0.2) is 19.2 Å². The van der Waals surface area contributed by atoms with E-state index in [1.54, 1.807) is 127 Å². The quantitative estimate of drug-likeness (QED) is 0.0499. The lowest BCUT2D eigenvalue weighted by atomic mass is 10.00. The highest BCUT2D eigenvalue weighted by Crippen LogP contribution is 2.14. The molecule has 0 aliphatic carbocycles. The Kier molecular flexibility index (Phi) is 34.5. The number of rotatable bonds is 23. The normalized spacial score (nSPS) is 21.3. The summed E-state index contributed by atoms with van der Waals surface area (Å²) < 4.78 is 21.4. The maximum Gasteiger partial charge on any atom is 0.407 e. The van der Waals surface area contributed by atoms with Crippen LogP contribution in [-0.2, 0) is 68.5 Å². The molecule has 0 saturated carbocycles. The molecule has 33 nitrogen and oxygen atoms in total. The van der Waals surface area contributed by atoms with Crippen molar-refractivity contribution < 1.29 is 91.5 Å². The van der Waals surface area contributed by atoms with Crippen LogP contribution in [-0.4, -0.2) is 209 Å². The molecule has 0 bridgehead atoms. The van der Waals surface area contributed by atoms with Crippen LogP contribution in [0, 0.1) is 5.92 Å². The summed E-state index contributed by atoms with van der Waals surface area (Å²) in [7, 11) is 0. The first-order valence-corrected chi connectivity index (χ1v) is 32.6. The van der Waals surface area contributed by atoms with Gasteiger partial charge in [0.1, 0.15) is 76.8 Å². The first kappa shape index (κ1) is 84.5. The van der Waals surface area contributed by atoms with Gasteiger partial charge >= 0.3 is 24.4 Å². The highest BCUT2D eigenvalue weighted by molar-refractivity contribution is 5.98. The predicted molar refractivity (Wildman–Crippen MR) is 354 cm³/mol. The Morgan fingerprint density at radius 3 is 1.37 bits per heavy atom. The number of carbonyl (C=O) groups excluding carboxylic acids is 13. The molecule has 1 aliphatic heterocycles. The highest BCUT2D eigenvalue weighted by atomic mass is 16.6. The third-order valence-electron chi connectivity index (χ3n) is 13.7. The van der Waals surface area contributed by atoms with Gasteiger partial charge in [0.05, 0.1) is 12.2 Å². The van der Waals surface area contributed by atoms with Crippen LogP contribution >= 0.6 is 0 Å². The van der Waals surface area contributed by atoms with Crippen molar-refractivity contribution in [3.05, 3.63) is 35.9 Å². The number of ether oxygens (including phenoxy) is 4. The molecular formula is C64H108N14O19. The first-order chi connectivity index (χ1) is 44.8. The van der Waals surface area contributed by atoms with Crippen LogP contribution in [0.3, 0.4) is 0 Å². The zero-order valence-electron chi connectivity index (χ0n) is 58.9. The average molecular weight is 1380 g/mol. The summed E-state index contributed by atoms with van der Waals surface area (Å²) in [6, 6.07) is -6.43. The minimum Gasteiger partial charge on any atom is -0.444 e. The largest absolute Gasteiger partial charge is 0.444 e. The molecule has 1 heterocycles. The van der Waals surface area contributed by atoms with Gasteiger partial charge in [-0.2, -0.15) is 0 Å². The van der Waals surface area contributed by atoms with Gasteiger partial charge in [0.25, 0.3) is 0 Å². The van der Waals surface area contributed by atoms with Gasteiger partial charge in [0, 0.05) is 39.1 Å². The fraction of sp³-hybridized carbons (Fsp3) is 0.703. The Hall–Kier alpha value is -8.59. The molecule has 1 saturated heterocycles. The summed E-state index contributed by atoms with van der Waals surface area (Å²) in [5, 5.41) is 54.5. The number of benzene rings is 1. The van der Waals surface area contributed by atoms with Gasteiger partial charge in [0.2, 0.25) is 53.2 Å². The molecule has 13 amide bonds. The summed E-state index contributed by atoms with van der Waals surface area (Å²) in [5.41, 5.74) is 2.71. The van der Waals surface area contributed by atoms with Gasteiger partial charge in [-0.1, -0.05) is 44.2 Å². The van der Waals surface area contributed by atoms with Crippen LogP contribution in [0.1, 0.15) is 161 Å². The lowest BCUT2D eigenvalue weighted by Crippen LogP contribution is -2.61. The van der Waals surface area contributed by atoms with Gasteiger partial charge in [-0.05, 0) is 153 Å². The molecule has 17 N–H and O–H groups in total. The van der Waals surface area contributed by atoms with E-state index in [0.29, 0.717) is 5.56 Å². The SMILES string of the molecule is CC(C)C[C@@H]1NC(=O)[C@@H](Cc2ccccc2)NC(=O)[C@H](CCNC(=O)OC(C)(C)C)NC(=O)[C@@H](NC(=O)[C@H](CCNC(=O)OC(C)(C)C)NC(=O)[C@@H](N)C(C)O)CCNC(=O)[C@H]([C@H](C)O)NC(=O)[C@H](CCCNC(=O)OC(C)(C)C)NC(=O)[C@H](CCNC(=O)OC(C)(C)C)NC1=O. The number of nitrogens with one attached hydrogen (secondary N) is 13. The maximum atomic E-state index is 15.0. The lowest BCUT2D eigenvalue weighted by Gasteiger charge is -2.29. The van der Waals surface area contributed by atoms with Crippen LogP contribution in [0.4, 0.5) is 19.2 Å². The van der Waals surface area contributed by atoms with Crippen molar-refractivity contribution in [3.63, 3.8) is 0 Å². The standard InChI is InChI=1S/C64H108N14O19/c1-35(2)33-44-53(86)74-41(25-30-68-58(91)95-62(8,9)10)48(81)71-39(23-20-28-67-57(90)94-61(5,6)7)52(85)78-47(37(4)80)56(89)66-29-24-40(72-50(83)43(75-55(88)46(65)36(3)79)27-32-70-60(93)97-64(14,15)16)49(82)73-42(26-31-69-59(92)96-63(11,12)13)51(84)77-45(54(87)76-44)34-38-21-18-17-19-22-38/h17-19,21-22,35-37,39-47,79-80H,20,23-34,65H2,1-16H3,(H,66,89)(H,67,90)(H,68,91)(H,69,92)(H,70,93)(H,71,81)(H,72,83)(H,73,82)(H,74,86)(H,75,88)(H,76,87)(H,77,84)(H,78,85)/t36?,37-,39-,40-,41-,42-,43-,44-,45+,46-,47-/m0/s1. The van der Waals surface area contributed by atoms with E-state index in [9.17, 15) is 72.5 Å². The molecule has 1 fully saturated rings. The van der Waals surface area contributed by atoms with Crippen molar-refractivity contribution >= 4 is 77.5 Å². The van der Waals surface area contributed by atoms with Gasteiger partial charge < -0.3 is 104 Å². The number of hydrogen-bond donors (Lipinski definition) is 16. The Morgan fingerprint density at radius 1 is 0.515 bits per heavy atom. The molecule has 1 aromatic rings. The molecule has 1 unspecified atom stereocenters. The maximum absolute atomic E-state index is 15.0. The minimum atomic E-state index is -1.83. The number of aliphatic hydroxyl groups is 2. The van der Waals surface area contributed by atoms with Crippen molar-refractivity contribution in [1.82, 2.24) is 69.1 Å². The molecule has 0 aromatic heterocycles. The fourth-order valence-corrected chi connectivity index (χ4v) is 9.04. The molecule has 0 spiro atoms. The van der Waals surface area contributed by atoms with E-state index >= 15 is 0 Å². The molecule has 33 heteroatoms. The monoisotopic (exact) mass is 1380 g/mol. The molecule has 1 aromatic carbocycles. The number of alkyl carbamates (subject to hydrolysis) is 4. The number of aliphatic hydroxyl groups excluding tert-OH is 2. The van der Waals surface area contributed by atoms with E-state index in [2.05, 4.69) is 69.1 Å². The zero-order chi connectivity index (χ0) is 73.8.